The number of para-hydroxylation sites is 1. The summed E-state index contributed by atoms with van der Waals surface area (Å²) in [7, 11) is 0. The lowest BCUT2D eigenvalue weighted by molar-refractivity contribution is -0.118. The molecule has 0 fully saturated rings. The Hall–Kier alpha value is -1.77. The lowest BCUT2D eigenvalue weighted by Gasteiger charge is -2.19. The fourth-order valence-corrected chi connectivity index (χ4v) is 4.07. The molecule has 0 unspecified atom stereocenters. The van der Waals surface area contributed by atoms with Crippen molar-refractivity contribution in [3.63, 3.8) is 0 Å². The van der Waals surface area contributed by atoms with Crippen LogP contribution in [0.1, 0.15) is 58.8 Å². The highest BCUT2D eigenvalue weighted by atomic mass is 35.5. The van der Waals surface area contributed by atoms with Crippen LogP contribution in [0.4, 0.5) is 0 Å². The van der Waals surface area contributed by atoms with E-state index in [1.807, 2.05) is 32.0 Å². The van der Waals surface area contributed by atoms with Crippen molar-refractivity contribution >= 4 is 29.3 Å². The van der Waals surface area contributed by atoms with Crippen molar-refractivity contribution in [1.29, 1.82) is 0 Å². The molecule has 1 heterocycles. The molecule has 1 aromatic heterocycles. The van der Waals surface area contributed by atoms with Gasteiger partial charge in [-0.05, 0) is 45.2 Å². The number of ether oxygens (including phenoxy) is 2. The molecular weight excluding hydrogens is 436 g/mol. The van der Waals surface area contributed by atoms with Crippen LogP contribution < -0.4 is 10.1 Å². The second kappa shape index (κ2) is 13.6. The van der Waals surface area contributed by atoms with Gasteiger partial charge in [0.15, 0.2) is 11.0 Å². The van der Waals surface area contributed by atoms with Crippen molar-refractivity contribution in [3.8, 4) is 5.75 Å². The summed E-state index contributed by atoms with van der Waals surface area (Å²) in [5, 5.41) is 12.9. The minimum Gasteiger partial charge on any atom is -0.484 e. The Labute approximate surface area is 194 Å². The van der Waals surface area contributed by atoms with Gasteiger partial charge in [0.1, 0.15) is 12.4 Å². The van der Waals surface area contributed by atoms with E-state index in [0.29, 0.717) is 23.9 Å². The van der Waals surface area contributed by atoms with Crippen molar-refractivity contribution in [2.24, 2.45) is 0 Å². The van der Waals surface area contributed by atoms with Gasteiger partial charge in [-0.25, -0.2) is 0 Å². The van der Waals surface area contributed by atoms with Gasteiger partial charge in [-0.3, -0.25) is 4.79 Å². The highest BCUT2D eigenvalue weighted by molar-refractivity contribution is 7.99. The van der Waals surface area contributed by atoms with E-state index >= 15 is 0 Å². The van der Waals surface area contributed by atoms with Gasteiger partial charge < -0.3 is 19.4 Å². The molecular formula is C22H33ClN4O3S. The molecule has 2 rings (SSSR count). The molecule has 0 radical (unpaired) electrons. The molecule has 0 atom stereocenters. The summed E-state index contributed by atoms with van der Waals surface area (Å²) >= 11 is 7.58. The van der Waals surface area contributed by atoms with E-state index in [1.54, 1.807) is 6.07 Å². The highest BCUT2D eigenvalue weighted by Gasteiger charge is 2.20. The van der Waals surface area contributed by atoms with Crippen LogP contribution in [-0.4, -0.2) is 45.7 Å². The molecule has 0 aliphatic heterocycles. The maximum atomic E-state index is 12.2. The summed E-state index contributed by atoms with van der Waals surface area (Å²) < 4.78 is 13.5. The van der Waals surface area contributed by atoms with Crippen LogP contribution in [0, 0.1) is 0 Å². The molecule has 9 heteroatoms. The minimum absolute atomic E-state index is 0.0255. The monoisotopic (exact) mass is 468 g/mol. The average Bonchev–Trinajstić information content (AvgIpc) is 3.15. The second-order valence-electron chi connectivity index (χ2n) is 7.37. The minimum atomic E-state index is -0.0255. The molecule has 31 heavy (non-hydrogen) atoms. The number of nitrogens with zero attached hydrogens (tertiary/aromatic N) is 3. The maximum absolute atomic E-state index is 12.2. The number of nitrogens with one attached hydrogen (secondary N) is 1. The van der Waals surface area contributed by atoms with Gasteiger partial charge in [0, 0.05) is 19.2 Å². The largest absolute Gasteiger partial charge is 0.484 e. The highest BCUT2D eigenvalue weighted by Crippen LogP contribution is 2.28. The average molecular weight is 469 g/mol. The first-order chi connectivity index (χ1) is 15.0. The topological polar surface area (TPSA) is 78.3 Å². The van der Waals surface area contributed by atoms with Crippen LogP contribution in [0.2, 0.25) is 5.02 Å². The SMILES string of the molecule is CCC(CC)n1c(COc2ccccc2Cl)nnc1SCC(=O)NCCCOC(C)C. The third-order valence-electron chi connectivity index (χ3n) is 4.66. The first-order valence-corrected chi connectivity index (χ1v) is 12.1. The van der Waals surface area contributed by atoms with E-state index in [2.05, 4.69) is 33.9 Å². The van der Waals surface area contributed by atoms with Crippen LogP contribution in [0.3, 0.4) is 0 Å². The Morgan fingerprint density at radius 3 is 2.65 bits per heavy atom. The van der Waals surface area contributed by atoms with Gasteiger partial charge in [-0.15, -0.1) is 10.2 Å². The molecule has 1 amide bonds. The number of hydrogen-bond donors (Lipinski definition) is 1. The lowest BCUT2D eigenvalue weighted by Crippen LogP contribution is -2.27. The van der Waals surface area contributed by atoms with Crippen LogP contribution in [0.15, 0.2) is 29.4 Å². The fraction of sp³-hybridized carbons (Fsp3) is 0.591. The van der Waals surface area contributed by atoms with Crippen LogP contribution in [0.5, 0.6) is 5.75 Å². The van der Waals surface area contributed by atoms with Gasteiger partial charge in [0.2, 0.25) is 5.91 Å². The Morgan fingerprint density at radius 1 is 1.23 bits per heavy atom. The van der Waals surface area contributed by atoms with E-state index in [1.165, 1.54) is 11.8 Å². The summed E-state index contributed by atoms with van der Waals surface area (Å²) in [4.78, 5) is 12.2. The predicted octanol–water partition coefficient (Wildman–Crippen LogP) is 4.90. The smallest absolute Gasteiger partial charge is 0.230 e. The molecule has 1 aromatic carbocycles. The normalized spacial score (nSPS) is 11.3. The van der Waals surface area contributed by atoms with Crippen molar-refractivity contribution in [2.45, 2.75) is 70.9 Å². The number of aromatic nitrogens is 3. The molecule has 0 bridgehead atoms. The Balaban J connectivity index is 1.96. The number of rotatable bonds is 14. The zero-order valence-electron chi connectivity index (χ0n) is 18.8. The molecule has 0 aliphatic carbocycles. The van der Waals surface area contributed by atoms with Crippen molar-refractivity contribution < 1.29 is 14.3 Å². The summed E-state index contributed by atoms with van der Waals surface area (Å²) in [6, 6.07) is 7.59. The van der Waals surface area contributed by atoms with Crippen molar-refractivity contribution in [1.82, 2.24) is 20.1 Å². The number of amides is 1. The second-order valence-corrected chi connectivity index (χ2v) is 8.72. The van der Waals surface area contributed by atoms with Gasteiger partial charge in [-0.2, -0.15) is 0 Å². The van der Waals surface area contributed by atoms with Crippen LogP contribution in [0.25, 0.3) is 0 Å². The Kier molecular flexibility index (Phi) is 11.2. The van der Waals surface area contributed by atoms with E-state index in [9.17, 15) is 4.79 Å². The molecule has 2 aromatic rings. The standard InChI is InChI=1S/C22H33ClN4O3S/c1-5-17(6-2)27-20(14-30-19-11-8-7-10-18(19)23)25-26-22(27)31-15-21(28)24-12-9-13-29-16(3)4/h7-8,10-11,16-17H,5-6,9,12-15H2,1-4H3,(H,24,28). The molecule has 0 spiro atoms. The number of benzene rings is 1. The van der Waals surface area contributed by atoms with Gasteiger partial charge >= 0.3 is 0 Å². The van der Waals surface area contributed by atoms with Crippen molar-refractivity contribution in [2.75, 3.05) is 18.9 Å². The number of thioether (sulfide) groups is 1. The maximum Gasteiger partial charge on any atom is 0.230 e. The first-order valence-electron chi connectivity index (χ1n) is 10.8. The Bertz CT molecular complexity index is 812. The van der Waals surface area contributed by atoms with E-state index in [-0.39, 0.29) is 30.4 Å². The lowest BCUT2D eigenvalue weighted by atomic mass is 10.2. The van der Waals surface area contributed by atoms with Crippen LogP contribution >= 0.6 is 23.4 Å². The predicted molar refractivity (Wildman–Crippen MR) is 125 cm³/mol. The summed E-state index contributed by atoms with van der Waals surface area (Å²) in [5.41, 5.74) is 0. The zero-order chi connectivity index (χ0) is 22.6. The van der Waals surface area contributed by atoms with E-state index < -0.39 is 0 Å². The molecule has 1 N–H and O–H groups in total. The summed E-state index contributed by atoms with van der Waals surface area (Å²) in [5.74, 6) is 1.59. The van der Waals surface area contributed by atoms with E-state index in [4.69, 9.17) is 21.1 Å². The third-order valence-corrected chi connectivity index (χ3v) is 5.92. The number of hydrogen-bond acceptors (Lipinski definition) is 6. The van der Waals surface area contributed by atoms with Gasteiger partial charge in [0.25, 0.3) is 0 Å². The fourth-order valence-electron chi connectivity index (χ4n) is 3.03. The third kappa shape index (κ3) is 8.35. The zero-order valence-corrected chi connectivity index (χ0v) is 20.3. The quantitative estimate of drug-likeness (QED) is 0.314. The van der Waals surface area contributed by atoms with Gasteiger partial charge in [-0.1, -0.05) is 49.3 Å². The first kappa shape index (κ1) is 25.5. The van der Waals surface area contributed by atoms with Gasteiger partial charge in [0.05, 0.1) is 16.9 Å². The van der Waals surface area contributed by atoms with E-state index in [0.717, 1.165) is 30.2 Å². The number of carbonyl (C=O) groups excluding carboxylic acids is 1. The number of carbonyl (C=O) groups is 1. The Morgan fingerprint density at radius 2 is 1.97 bits per heavy atom. The summed E-state index contributed by atoms with van der Waals surface area (Å²) in [6.45, 7) is 9.76. The molecule has 7 nitrogen and oxygen atoms in total. The van der Waals surface area contributed by atoms with Crippen molar-refractivity contribution in [3.05, 3.63) is 35.1 Å². The molecule has 0 saturated heterocycles. The summed E-state index contributed by atoms with van der Waals surface area (Å²) in [6.07, 6.45) is 2.87. The van der Waals surface area contributed by atoms with Crippen LogP contribution in [-0.2, 0) is 16.1 Å². The number of halogens is 1. The molecule has 0 saturated carbocycles. The molecule has 0 aliphatic rings. The molecule has 172 valence electrons.